The molecular formula is C27H36N6O. The summed E-state index contributed by atoms with van der Waals surface area (Å²) in [5.41, 5.74) is 3.01. The molecule has 0 N–H and O–H groups in total. The van der Waals surface area contributed by atoms with E-state index in [1.165, 1.54) is 44.6 Å². The zero-order valence-electron chi connectivity index (χ0n) is 20.8. The molecule has 0 spiro atoms. The normalized spacial score (nSPS) is 19.7. The lowest BCUT2D eigenvalue weighted by atomic mass is 9.79. The molecule has 7 heteroatoms. The molecule has 34 heavy (non-hydrogen) atoms. The molecule has 2 aliphatic rings. The van der Waals surface area contributed by atoms with Crippen LogP contribution < -0.4 is 4.74 Å². The Hall–Kier alpha value is -2.93. The average molecular weight is 461 g/mol. The minimum Gasteiger partial charge on any atom is -0.495 e. The van der Waals surface area contributed by atoms with Crippen LogP contribution in [0.5, 0.6) is 5.75 Å². The van der Waals surface area contributed by atoms with Crippen molar-refractivity contribution in [2.45, 2.75) is 65.0 Å². The maximum absolute atomic E-state index is 5.65. The summed E-state index contributed by atoms with van der Waals surface area (Å²) < 4.78 is 9.80. The fraction of sp³-hybridized carbons (Fsp3) is 0.519. The van der Waals surface area contributed by atoms with Gasteiger partial charge in [0.15, 0.2) is 5.82 Å². The van der Waals surface area contributed by atoms with Crippen molar-refractivity contribution in [1.82, 2.24) is 29.2 Å². The third-order valence-electron chi connectivity index (χ3n) is 7.43. The number of rotatable bonds is 6. The van der Waals surface area contributed by atoms with Crippen LogP contribution in [0.1, 0.15) is 68.4 Å². The maximum atomic E-state index is 5.65. The number of imidazole rings is 1. The van der Waals surface area contributed by atoms with Crippen LogP contribution in [0.25, 0.3) is 17.8 Å². The van der Waals surface area contributed by atoms with Crippen molar-refractivity contribution >= 4 is 12.2 Å². The van der Waals surface area contributed by atoms with Crippen molar-refractivity contribution < 1.29 is 4.74 Å². The molecule has 1 aromatic carbocycles. The lowest BCUT2D eigenvalue weighted by molar-refractivity contribution is 0.128. The van der Waals surface area contributed by atoms with Gasteiger partial charge in [-0.2, -0.15) is 5.10 Å². The standard InChI is InChI=1S/C27H36N6O/c1-19(2)31-14-11-22(12-15-31)23-6-5-13-33-27(23)29-26(30-33)10-8-21-7-9-24(25(16-21)34-4)32-17-20(3)28-18-32/h7-10,16-19,22-23H,5-6,11-15H2,1-4H3. The first-order chi connectivity index (χ1) is 16.5. The molecule has 1 unspecified atom stereocenters. The predicted molar refractivity (Wildman–Crippen MR) is 135 cm³/mol. The number of benzene rings is 1. The summed E-state index contributed by atoms with van der Waals surface area (Å²) in [6.45, 7) is 9.98. The van der Waals surface area contributed by atoms with Gasteiger partial charge in [0.1, 0.15) is 11.6 Å². The monoisotopic (exact) mass is 460 g/mol. The molecule has 0 aliphatic carbocycles. The van der Waals surface area contributed by atoms with Gasteiger partial charge in [-0.3, -0.25) is 0 Å². The highest BCUT2D eigenvalue weighted by atomic mass is 16.5. The van der Waals surface area contributed by atoms with Gasteiger partial charge in [-0.15, -0.1) is 0 Å². The first-order valence-corrected chi connectivity index (χ1v) is 12.6. The van der Waals surface area contributed by atoms with Crippen LogP contribution in [0.3, 0.4) is 0 Å². The number of aromatic nitrogens is 5. The lowest BCUT2D eigenvalue weighted by Gasteiger charge is -2.38. The third kappa shape index (κ3) is 4.67. The number of fused-ring (bicyclic) bond motifs is 1. The molecule has 1 atom stereocenters. The molecule has 0 radical (unpaired) electrons. The Morgan fingerprint density at radius 2 is 1.91 bits per heavy atom. The Labute approximate surface area is 202 Å². The molecule has 0 saturated carbocycles. The minimum absolute atomic E-state index is 0.538. The molecule has 180 valence electrons. The van der Waals surface area contributed by atoms with Crippen LogP contribution in [0, 0.1) is 12.8 Å². The third-order valence-corrected chi connectivity index (χ3v) is 7.43. The molecule has 0 amide bonds. The quantitative estimate of drug-likeness (QED) is 0.521. The van der Waals surface area contributed by atoms with Crippen molar-refractivity contribution in [2.75, 3.05) is 20.2 Å². The number of methoxy groups -OCH3 is 1. The molecule has 1 saturated heterocycles. The summed E-state index contributed by atoms with van der Waals surface area (Å²) in [4.78, 5) is 11.9. The Kier molecular flexibility index (Phi) is 6.55. The van der Waals surface area contributed by atoms with Gasteiger partial charge in [0, 0.05) is 24.7 Å². The fourth-order valence-corrected chi connectivity index (χ4v) is 5.49. The molecule has 2 aliphatic heterocycles. The van der Waals surface area contributed by atoms with E-state index >= 15 is 0 Å². The van der Waals surface area contributed by atoms with Gasteiger partial charge in [0.25, 0.3) is 0 Å². The first kappa shape index (κ1) is 22.8. The SMILES string of the molecule is COc1cc(C=Cc2nc3n(n2)CCCC3C2CCN(C(C)C)CC2)ccc1-n1cnc(C)c1. The van der Waals surface area contributed by atoms with Crippen molar-refractivity contribution in [1.29, 1.82) is 0 Å². The Balaban J connectivity index is 1.32. The number of nitrogens with zero attached hydrogens (tertiary/aromatic N) is 6. The summed E-state index contributed by atoms with van der Waals surface area (Å²) in [5, 5.41) is 4.83. The molecule has 4 heterocycles. The van der Waals surface area contributed by atoms with Gasteiger partial charge in [-0.25, -0.2) is 14.6 Å². The second-order valence-corrected chi connectivity index (χ2v) is 9.95. The van der Waals surface area contributed by atoms with Crippen LogP contribution >= 0.6 is 0 Å². The van der Waals surface area contributed by atoms with E-state index in [2.05, 4.69) is 46.6 Å². The Morgan fingerprint density at radius 1 is 1.09 bits per heavy atom. The second-order valence-electron chi connectivity index (χ2n) is 9.95. The first-order valence-electron chi connectivity index (χ1n) is 12.6. The van der Waals surface area contributed by atoms with Crippen molar-refractivity contribution in [3.63, 3.8) is 0 Å². The van der Waals surface area contributed by atoms with Crippen LogP contribution in [-0.2, 0) is 6.54 Å². The van der Waals surface area contributed by atoms with E-state index in [-0.39, 0.29) is 0 Å². The molecule has 1 fully saturated rings. The van der Waals surface area contributed by atoms with Crippen molar-refractivity contribution in [3.05, 3.63) is 53.6 Å². The average Bonchev–Trinajstić information content (AvgIpc) is 3.48. The number of piperidine rings is 1. The van der Waals surface area contributed by atoms with Crippen molar-refractivity contribution in [3.8, 4) is 11.4 Å². The highest BCUT2D eigenvalue weighted by molar-refractivity contribution is 5.69. The minimum atomic E-state index is 0.538. The van der Waals surface area contributed by atoms with Gasteiger partial charge in [-0.05, 0) is 89.2 Å². The van der Waals surface area contributed by atoms with E-state index in [9.17, 15) is 0 Å². The highest BCUT2D eigenvalue weighted by Gasteiger charge is 2.33. The van der Waals surface area contributed by atoms with Gasteiger partial charge in [-0.1, -0.05) is 12.1 Å². The Bertz CT molecular complexity index is 1150. The molecule has 3 aromatic rings. The largest absolute Gasteiger partial charge is 0.495 e. The summed E-state index contributed by atoms with van der Waals surface area (Å²) in [6, 6.07) is 6.84. The number of likely N-dealkylation sites (tertiary alicyclic amines) is 1. The molecule has 2 aromatic heterocycles. The van der Waals surface area contributed by atoms with Crippen LogP contribution in [-0.4, -0.2) is 55.5 Å². The zero-order valence-corrected chi connectivity index (χ0v) is 20.8. The van der Waals surface area contributed by atoms with Crippen LogP contribution in [0.4, 0.5) is 0 Å². The van der Waals surface area contributed by atoms with E-state index in [4.69, 9.17) is 14.8 Å². The topological polar surface area (TPSA) is 61.0 Å². The van der Waals surface area contributed by atoms with Crippen molar-refractivity contribution in [2.24, 2.45) is 5.92 Å². The van der Waals surface area contributed by atoms with E-state index in [1.54, 1.807) is 7.11 Å². The molecule has 7 nitrogen and oxygen atoms in total. The van der Waals surface area contributed by atoms with Crippen LogP contribution in [0.15, 0.2) is 30.7 Å². The van der Waals surface area contributed by atoms with Gasteiger partial charge >= 0.3 is 0 Å². The van der Waals surface area contributed by atoms with Gasteiger partial charge < -0.3 is 14.2 Å². The molecule has 0 bridgehead atoms. The summed E-state index contributed by atoms with van der Waals surface area (Å²) in [6.07, 6.45) is 12.9. The van der Waals surface area contributed by atoms with E-state index < -0.39 is 0 Å². The van der Waals surface area contributed by atoms with Crippen LogP contribution in [0.2, 0.25) is 0 Å². The predicted octanol–water partition coefficient (Wildman–Crippen LogP) is 4.95. The number of aryl methyl sites for hydroxylation is 2. The summed E-state index contributed by atoms with van der Waals surface area (Å²) in [5.74, 6) is 4.06. The van der Waals surface area contributed by atoms with Gasteiger partial charge in [0.05, 0.1) is 24.8 Å². The second kappa shape index (κ2) is 9.74. The van der Waals surface area contributed by atoms with E-state index in [0.717, 1.165) is 41.0 Å². The van der Waals surface area contributed by atoms with E-state index in [1.807, 2.05) is 36.2 Å². The summed E-state index contributed by atoms with van der Waals surface area (Å²) in [7, 11) is 1.70. The zero-order chi connectivity index (χ0) is 23.7. The van der Waals surface area contributed by atoms with Gasteiger partial charge in [0.2, 0.25) is 0 Å². The number of hydrogen-bond donors (Lipinski definition) is 0. The lowest BCUT2D eigenvalue weighted by Crippen LogP contribution is -2.40. The molecule has 5 rings (SSSR count). The number of ether oxygens (including phenoxy) is 1. The number of hydrogen-bond acceptors (Lipinski definition) is 5. The molecular weight excluding hydrogens is 424 g/mol. The summed E-state index contributed by atoms with van der Waals surface area (Å²) >= 11 is 0. The fourth-order valence-electron chi connectivity index (χ4n) is 5.49. The van der Waals surface area contributed by atoms with E-state index in [0.29, 0.717) is 12.0 Å². The highest BCUT2D eigenvalue weighted by Crippen LogP contribution is 2.38. The smallest absolute Gasteiger partial charge is 0.174 e. The maximum Gasteiger partial charge on any atom is 0.174 e. The Morgan fingerprint density at radius 3 is 2.62 bits per heavy atom.